The van der Waals surface area contributed by atoms with Crippen LogP contribution in [0.3, 0.4) is 0 Å². The Morgan fingerprint density at radius 2 is 2.11 bits per heavy atom. The summed E-state index contributed by atoms with van der Waals surface area (Å²) in [5.41, 5.74) is 1.35. The summed E-state index contributed by atoms with van der Waals surface area (Å²) < 4.78 is 5.96. The van der Waals surface area contributed by atoms with Crippen molar-refractivity contribution in [1.82, 2.24) is 5.32 Å². The molecule has 3 rings (SSSR count). The molecule has 1 N–H and O–H groups in total. The van der Waals surface area contributed by atoms with E-state index in [1.165, 1.54) is 24.8 Å². The van der Waals surface area contributed by atoms with Gasteiger partial charge < -0.3 is 10.1 Å². The van der Waals surface area contributed by atoms with Crippen molar-refractivity contribution in [3.63, 3.8) is 0 Å². The fourth-order valence-electron chi connectivity index (χ4n) is 3.44. The third-order valence-corrected chi connectivity index (χ3v) is 4.66. The average molecular weight is 266 g/mol. The lowest BCUT2D eigenvalue weighted by molar-refractivity contribution is 0.0863. The van der Waals surface area contributed by atoms with Gasteiger partial charge in [0, 0.05) is 17.0 Å². The molecule has 18 heavy (non-hydrogen) atoms. The summed E-state index contributed by atoms with van der Waals surface area (Å²) in [6.45, 7) is 0. The van der Waals surface area contributed by atoms with E-state index in [-0.39, 0.29) is 0 Å². The minimum Gasteiger partial charge on any atom is -0.375 e. The maximum Gasteiger partial charge on any atom is 0.0623 e. The van der Waals surface area contributed by atoms with Crippen molar-refractivity contribution in [1.29, 1.82) is 0 Å². The van der Waals surface area contributed by atoms with Gasteiger partial charge in [-0.15, -0.1) is 0 Å². The number of ether oxygens (including phenoxy) is 1. The Morgan fingerprint density at radius 1 is 1.33 bits per heavy atom. The molecule has 4 unspecified atom stereocenters. The molecule has 0 radical (unpaired) electrons. The Kier molecular flexibility index (Phi) is 3.60. The van der Waals surface area contributed by atoms with Crippen LogP contribution in [0.5, 0.6) is 0 Å². The van der Waals surface area contributed by atoms with Crippen LogP contribution in [0.2, 0.25) is 5.02 Å². The zero-order valence-corrected chi connectivity index (χ0v) is 11.5. The van der Waals surface area contributed by atoms with E-state index in [2.05, 4.69) is 24.5 Å². The first kappa shape index (κ1) is 12.5. The monoisotopic (exact) mass is 265 g/mol. The molecule has 2 saturated heterocycles. The van der Waals surface area contributed by atoms with Crippen molar-refractivity contribution >= 4 is 11.6 Å². The standard InChI is InChI=1S/C15H20ClNO/c1-17-14(8-10-2-4-11(16)5-3-10)13-9-12-6-7-15(13)18-12/h2-5,12-15,17H,6-9H2,1H3. The number of likely N-dealkylation sites (N-methyl/N-ethyl adjacent to an activating group) is 1. The predicted molar refractivity (Wildman–Crippen MR) is 74.0 cm³/mol. The lowest BCUT2D eigenvalue weighted by Gasteiger charge is -2.28. The highest BCUT2D eigenvalue weighted by Crippen LogP contribution is 2.40. The van der Waals surface area contributed by atoms with Crippen LogP contribution in [0.1, 0.15) is 24.8 Å². The van der Waals surface area contributed by atoms with Crippen LogP contribution in [-0.4, -0.2) is 25.3 Å². The van der Waals surface area contributed by atoms with Crippen LogP contribution in [0.25, 0.3) is 0 Å². The summed E-state index contributed by atoms with van der Waals surface area (Å²) in [5, 5.41) is 4.29. The minimum absolute atomic E-state index is 0.486. The van der Waals surface area contributed by atoms with Crippen molar-refractivity contribution in [2.24, 2.45) is 5.92 Å². The molecule has 0 saturated carbocycles. The fraction of sp³-hybridized carbons (Fsp3) is 0.600. The van der Waals surface area contributed by atoms with E-state index in [9.17, 15) is 0 Å². The average Bonchev–Trinajstić information content (AvgIpc) is 3.00. The Balaban J connectivity index is 1.67. The normalized spacial score (nSPS) is 31.8. The van der Waals surface area contributed by atoms with E-state index in [1.54, 1.807) is 0 Å². The highest BCUT2D eigenvalue weighted by molar-refractivity contribution is 6.30. The number of nitrogens with one attached hydrogen (secondary N) is 1. The number of hydrogen-bond acceptors (Lipinski definition) is 2. The quantitative estimate of drug-likeness (QED) is 0.904. The third-order valence-electron chi connectivity index (χ3n) is 4.41. The first-order valence-corrected chi connectivity index (χ1v) is 7.21. The van der Waals surface area contributed by atoms with Crippen molar-refractivity contribution in [3.8, 4) is 0 Å². The van der Waals surface area contributed by atoms with E-state index >= 15 is 0 Å². The molecule has 2 aliphatic rings. The van der Waals surface area contributed by atoms with Gasteiger partial charge in [0.15, 0.2) is 0 Å². The molecule has 1 aromatic rings. The van der Waals surface area contributed by atoms with E-state index in [4.69, 9.17) is 16.3 Å². The molecule has 0 aliphatic carbocycles. The Morgan fingerprint density at radius 3 is 2.67 bits per heavy atom. The van der Waals surface area contributed by atoms with Crippen LogP contribution >= 0.6 is 11.6 Å². The smallest absolute Gasteiger partial charge is 0.0623 e. The highest BCUT2D eigenvalue weighted by atomic mass is 35.5. The summed E-state index contributed by atoms with van der Waals surface area (Å²) >= 11 is 5.92. The predicted octanol–water partition coefficient (Wildman–Crippen LogP) is 3.04. The number of hydrogen-bond donors (Lipinski definition) is 1. The van der Waals surface area contributed by atoms with Gasteiger partial charge in [0.25, 0.3) is 0 Å². The van der Waals surface area contributed by atoms with E-state index in [0.29, 0.717) is 24.2 Å². The summed E-state index contributed by atoms with van der Waals surface area (Å²) in [7, 11) is 2.06. The molecule has 98 valence electrons. The maximum absolute atomic E-state index is 5.96. The largest absolute Gasteiger partial charge is 0.375 e. The van der Waals surface area contributed by atoms with E-state index in [0.717, 1.165) is 11.4 Å². The number of benzene rings is 1. The van der Waals surface area contributed by atoms with Gasteiger partial charge in [0.2, 0.25) is 0 Å². The molecule has 3 heteroatoms. The van der Waals surface area contributed by atoms with Gasteiger partial charge in [-0.25, -0.2) is 0 Å². The molecule has 4 atom stereocenters. The van der Waals surface area contributed by atoms with Crippen LogP contribution < -0.4 is 5.32 Å². The van der Waals surface area contributed by atoms with Crippen LogP contribution in [-0.2, 0) is 11.2 Å². The zero-order chi connectivity index (χ0) is 12.5. The molecule has 0 spiro atoms. The van der Waals surface area contributed by atoms with Crippen LogP contribution in [0.4, 0.5) is 0 Å². The SMILES string of the molecule is CNC(Cc1ccc(Cl)cc1)C1CC2CCC1O2. The van der Waals surface area contributed by atoms with Gasteiger partial charge in [-0.1, -0.05) is 23.7 Å². The van der Waals surface area contributed by atoms with Crippen molar-refractivity contribution in [2.45, 2.75) is 43.9 Å². The lowest BCUT2D eigenvalue weighted by atomic mass is 9.81. The molecule has 2 nitrogen and oxygen atoms in total. The van der Waals surface area contributed by atoms with Crippen molar-refractivity contribution in [3.05, 3.63) is 34.9 Å². The molecule has 2 heterocycles. The molecule has 2 bridgehead atoms. The molecule has 2 aliphatic heterocycles. The Bertz CT molecular complexity index is 405. The number of halogens is 1. The second-order valence-electron chi connectivity index (χ2n) is 5.50. The van der Waals surface area contributed by atoms with Gasteiger partial charge in [-0.2, -0.15) is 0 Å². The van der Waals surface area contributed by atoms with Crippen molar-refractivity contribution in [2.75, 3.05) is 7.05 Å². The molecular formula is C15H20ClNO. The number of fused-ring (bicyclic) bond motifs is 2. The molecule has 1 aromatic carbocycles. The van der Waals surface area contributed by atoms with Crippen molar-refractivity contribution < 1.29 is 4.74 Å². The van der Waals surface area contributed by atoms with Gasteiger partial charge in [-0.05, 0) is 50.4 Å². The van der Waals surface area contributed by atoms with Gasteiger partial charge >= 0.3 is 0 Å². The fourth-order valence-corrected chi connectivity index (χ4v) is 3.57. The first-order chi connectivity index (χ1) is 8.76. The van der Waals surface area contributed by atoms with Crippen LogP contribution in [0, 0.1) is 5.92 Å². The summed E-state index contributed by atoms with van der Waals surface area (Å²) in [5.74, 6) is 0.671. The molecule has 2 fully saturated rings. The maximum atomic E-state index is 5.96. The highest BCUT2D eigenvalue weighted by Gasteiger charge is 2.43. The molecule has 0 amide bonds. The molecule has 0 aromatic heterocycles. The molecular weight excluding hydrogens is 246 g/mol. The Hall–Kier alpha value is -0.570. The minimum atomic E-state index is 0.486. The van der Waals surface area contributed by atoms with E-state index in [1.807, 2.05) is 12.1 Å². The second-order valence-corrected chi connectivity index (χ2v) is 5.94. The zero-order valence-electron chi connectivity index (χ0n) is 10.7. The van der Waals surface area contributed by atoms with Crippen LogP contribution in [0.15, 0.2) is 24.3 Å². The third kappa shape index (κ3) is 2.42. The van der Waals surface area contributed by atoms with Gasteiger partial charge in [0.05, 0.1) is 12.2 Å². The first-order valence-electron chi connectivity index (χ1n) is 6.83. The summed E-state index contributed by atoms with van der Waals surface area (Å²) in [6, 6.07) is 8.71. The topological polar surface area (TPSA) is 21.3 Å². The lowest BCUT2D eigenvalue weighted by Crippen LogP contribution is -2.40. The summed E-state index contributed by atoms with van der Waals surface area (Å²) in [6.07, 6.45) is 5.81. The van der Waals surface area contributed by atoms with Gasteiger partial charge in [-0.3, -0.25) is 0 Å². The van der Waals surface area contributed by atoms with E-state index < -0.39 is 0 Å². The second kappa shape index (κ2) is 5.20. The Labute approximate surface area is 114 Å². The summed E-state index contributed by atoms with van der Waals surface area (Å²) in [4.78, 5) is 0. The van der Waals surface area contributed by atoms with Gasteiger partial charge in [0.1, 0.15) is 0 Å². The number of rotatable bonds is 4.